The number of hydrogen-bond acceptors (Lipinski definition) is 3. The van der Waals surface area contributed by atoms with E-state index >= 15 is 0 Å². The van der Waals surface area contributed by atoms with Crippen molar-refractivity contribution in [3.05, 3.63) is 29.8 Å². The first-order valence-corrected chi connectivity index (χ1v) is 6.88. The van der Waals surface area contributed by atoms with Crippen molar-refractivity contribution in [2.75, 3.05) is 19.8 Å². The molecule has 0 unspecified atom stereocenters. The molecule has 1 aliphatic rings. The normalized spacial score (nSPS) is 20.9. The van der Waals surface area contributed by atoms with Crippen LogP contribution < -0.4 is 10.1 Å². The zero-order valence-corrected chi connectivity index (χ0v) is 11.3. The standard InChI is InChI=1S/C15H23NO2/c1-3-17-15-9-5-4-8-14(15)12(2)16-11-13-7-6-10-18-13/h4-5,8-9,12-13,16H,3,6-7,10-11H2,1-2H3/t12-,13-/m1/s1. The molecule has 2 rings (SSSR count). The lowest BCUT2D eigenvalue weighted by Crippen LogP contribution is -2.28. The van der Waals surface area contributed by atoms with Crippen LogP contribution in [0.4, 0.5) is 0 Å². The van der Waals surface area contributed by atoms with Crippen LogP contribution in [0, 0.1) is 0 Å². The van der Waals surface area contributed by atoms with Gasteiger partial charge in [-0.05, 0) is 32.8 Å². The molecule has 0 aromatic heterocycles. The molecule has 0 radical (unpaired) electrons. The summed E-state index contributed by atoms with van der Waals surface area (Å²) in [6.07, 6.45) is 2.75. The van der Waals surface area contributed by atoms with E-state index in [-0.39, 0.29) is 6.04 Å². The lowest BCUT2D eigenvalue weighted by atomic mass is 10.1. The zero-order chi connectivity index (χ0) is 12.8. The molecule has 1 heterocycles. The van der Waals surface area contributed by atoms with Crippen LogP contribution in [-0.2, 0) is 4.74 Å². The second-order valence-corrected chi connectivity index (χ2v) is 4.74. The van der Waals surface area contributed by atoms with Crippen molar-refractivity contribution >= 4 is 0 Å². The topological polar surface area (TPSA) is 30.5 Å². The number of rotatable bonds is 6. The highest BCUT2D eigenvalue weighted by Crippen LogP contribution is 2.25. The van der Waals surface area contributed by atoms with Gasteiger partial charge < -0.3 is 14.8 Å². The summed E-state index contributed by atoms with van der Waals surface area (Å²) in [6.45, 7) is 6.72. The summed E-state index contributed by atoms with van der Waals surface area (Å²) >= 11 is 0. The second-order valence-electron chi connectivity index (χ2n) is 4.74. The first-order valence-electron chi connectivity index (χ1n) is 6.88. The third kappa shape index (κ3) is 3.47. The van der Waals surface area contributed by atoms with Crippen LogP contribution in [0.3, 0.4) is 0 Å². The van der Waals surface area contributed by atoms with Crippen molar-refractivity contribution in [2.24, 2.45) is 0 Å². The lowest BCUT2D eigenvalue weighted by molar-refractivity contribution is 0.108. The Balaban J connectivity index is 1.92. The Morgan fingerprint density at radius 1 is 1.44 bits per heavy atom. The summed E-state index contributed by atoms with van der Waals surface area (Å²) in [7, 11) is 0. The van der Waals surface area contributed by atoms with E-state index in [9.17, 15) is 0 Å². The molecule has 100 valence electrons. The minimum absolute atomic E-state index is 0.289. The van der Waals surface area contributed by atoms with Crippen molar-refractivity contribution < 1.29 is 9.47 Å². The highest BCUT2D eigenvalue weighted by Gasteiger charge is 2.17. The van der Waals surface area contributed by atoms with Crippen LogP contribution >= 0.6 is 0 Å². The Kier molecular flexibility index (Phi) is 5.02. The van der Waals surface area contributed by atoms with Gasteiger partial charge >= 0.3 is 0 Å². The minimum Gasteiger partial charge on any atom is -0.494 e. The molecule has 1 aromatic carbocycles. The fraction of sp³-hybridized carbons (Fsp3) is 0.600. The highest BCUT2D eigenvalue weighted by molar-refractivity contribution is 5.35. The first-order chi connectivity index (χ1) is 8.81. The van der Waals surface area contributed by atoms with Gasteiger partial charge in [0.05, 0.1) is 12.7 Å². The van der Waals surface area contributed by atoms with E-state index in [1.807, 2.05) is 19.1 Å². The molecule has 3 nitrogen and oxygen atoms in total. The molecule has 2 atom stereocenters. The molecule has 18 heavy (non-hydrogen) atoms. The largest absolute Gasteiger partial charge is 0.494 e. The number of hydrogen-bond donors (Lipinski definition) is 1. The number of benzene rings is 1. The second kappa shape index (κ2) is 6.76. The van der Waals surface area contributed by atoms with E-state index in [2.05, 4.69) is 24.4 Å². The average molecular weight is 249 g/mol. The molecule has 1 N–H and O–H groups in total. The molecular weight excluding hydrogens is 226 g/mol. The van der Waals surface area contributed by atoms with Crippen molar-refractivity contribution in [3.63, 3.8) is 0 Å². The monoisotopic (exact) mass is 249 g/mol. The smallest absolute Gasteiger partial charge is 0.124 e. The third-order valence-corrected chi connectivity index (χ3v) is 3.36. The van der Waals surface area contributed by atoms with Gasteiger partial charge in [0.2, 0.25) is 0 Å². The zero-order valence-electron chi connectivity index (χ0n) is 11.3. The van der Waals surface area contributed by atoms with Crippen molar-refractivity contribution in [1.82, 2.24) is 5.32 Å². The van der Waals surface area contributed by atoms with Crippen LogP contribution in [0.1, 0.15) is 38.3 Å². The van der Waals surface area contributed by atoms with E-state index < -0.39 is 0 Å². The van der Waals surface area contributed by atoms with Gasteiger partial charge in [-0.3, -0.25) is 0 Å². The highest BCUT2D eigenvalue weighted by atomic mass is 16.5. The Morgan fingerprint density at radius 2 is 2.28 bits per heavy atom. The van der Waals surface area contributed by atoms with Crippen LogP contribution in [-0.4, -0.2) is 25.9 Å². The van der Waals surface area contributed by atoms with Crippen LogP contribution in [0.2, 0.25) is 0 Å². The molecule has 1 aromatic rings. The van der Waals surface area contributed by atoms with Crippen LogP contribution in [0.25, 0.3) is 0 Å². The SMILES string of the molecule is CCOc1ccccc1[C@@H](C)NC[C@H]1CCCO1. The molecule has 0 amide bonds. The van der Waals surface area contributed by atoms with Gasteiger partial charge in [-0.1, -0.05) is 18.2 Å². The fourth-order valence-electron chi connectivity index (χ4n) is 2.35. The van der Waals surface area contributed by atoms with Gasteiger partial charge in [-0.15, -0.1) is 0 Å². The Labute approximate surface area is 109 Å². The van der Waals surface area contributed by atoms with Gasteiger partial charge in [0.15, 0.2) is 0 Å². The van der Waals surface area contributed by atoms with Crippen molar-refractivity contribution in [2.45, 2.75) is 38.8 Å². The van der Waals surface area contributed by atoms with Gasteiger partial charge in [-0.2, -0.15) is 0 Å². The van der Waals surface area contributed by atoms with Gasteiger partial charge in [0.25, 0.3) is 0 Å². The van der Waals surface area contributed by atoms with Gasteiger partial charge in [0.1, 0.15) is 5.75 Å². The van der Waals surface area contributed by atoms with Crippen LogP contribution in [0.5, 0.6) is 5.75 Å². The first kappa shape index (κ1) is 13.4. The summed E-state index contributed by atoms with van der Waals surface area (Å²) in [4.78, 5) is 0. The van der Waals surface area contributed by atoms with Crippen molar-refractivity contribution in [1.29, 1.82) is 0 Å². The molecule has 3 heteroatoms. The minimum atomic E-state index is 0.289. The lowest BCUT2D eigenvalue weighted by Gasteiger charge is -2.19. The summed E-state index contributed by atoms with van der Waals surface area (Å²) in [5.74, 6) is 0.979. The summed E-state index contributed by atoms with van der Waals surface area (Å²) in [5, 5.41) is 3.53. The predicted octanol–water partition coefficient (Wildman–Crippen LogP) is 2.91. The van der Waals surface area contributed by atoms with E-state index in [0.29, 0.717) is 12.7 Å². The third-order valence-electron chi connectivity index (χ3n) is 3.36. The molecule has 0 aliphatic carbocycles. The maximum Gasteiger partial charge on any atom is 0.124 e. The maximum atomic E-state index is 5.66. The quantitative estimate of drug-likeness (QED) is 0.841. The van der Waals surface area contributed by atoms with E-state index in [1.54, 1.807) is 0 Å². The summed E-state index contributed by atoms with van der Waals surface area (Å²) < 4.78 is 11.3. The molecule has 0 saturated carbocycles. The summed E-state index contributed by atoms with van der Waals surface area (Å²) in [6, 6.07) is 8.52. The Bertz CT molecular complexity index is 361. The number of para-hydroxylation sites is 1. The van der Waals surface area contributed by atoms with Crippen molar-refractivity contribution in [3.8, 4) is 5.75 Å². The molecule has 0 bridgehead atoms. The predicted molar refractivity (Wildman–Crippen MR) is 73.0 cm³/mol. The van der Waals surface area contributed by atoms with E-state index in [4.69, 9.17) is 9.47 Å². The average Bonchev–Trinajstić information content (AvgIpc) is 2.90. The van der Waals surface area contributed by atoms with E-state index in [1.165, 1.54) is 18.4 Å². The Morgan fingerprint density at radius 3 is 3.00 bits per heavy atom. The van der Waals surface area contributed by atoms with E-state index in [0.717, 1.165) is 18.9 Å². The molecule has 0 spiro atoms. The molecule has 1 aliphatic heterocycles. The summed E-state index contributed by atoms with van der Waals surface area (Å²) in [5.41, 5.74) is 1.22. The Hall–Kier alpha value is -1.06. The van der Waals surface area contributed by atoms with Gasteiger partial charge in [0, 0.05) is 24.8 Å². The molecular formula is C15H23NO2. The molecule has 1 fully saturated rings. The molecule has 1 saturated heterocycles. The van der Waals surface area contributed by atoms with Gasteiger partial charge in [-0.25, -0.2) is 0 Å². The number of nitrogens with one attached hydrogen (secondary N) is 1. The number of ether oxygens (including phenoxy) is 2. The fourth-order valence-corrected chi connectivity index (χ4v) is 2.35. The van der Waals surface area contributed by atoms with Crippen LogP contribution in [0.15, 0.2) is 24.3 Å². The maximum absolute atomic E-state index is 5.66.